The fraction of sp³-hybridized carbons (Fsp3) is 0.647. The van der Waals surface area contributed by atoms with Gasteiger partial charge in [0.15, 0.2) is 0 Å². The van der Waals surface area contributed by atoms with Gasteiger partial charge in [-0.1, -0.05) is 31.5 Å². The van der Waals surface area contributed by atoms with Crippen LogP contribution in [0.5, 0.6) is 0 Å². The van der Waals surface area contributed by atoms with Gasteiger partial charge < -0.3 is 10.0 Å². The zero-order valence-electron chi connectivity index (χ0n) is 13.2. The van der Waals surface area contributed by atoms with Gasteiger partial charge in [0.05, 0.1) is 11.2 Å². The molecule has 1 aliphatic heterocycles. The second-order valence-electron chi connectivity index (χ2n) is 6.28. The average Bonchev–Trinajstić information content (AvgIpc) is 2.45. The highest BCUT2D eigenvalue weighted by molar-refractivity contribution is 5.33. The highest BCUT2D eigenvalue weighted by Crippen LogP contribution is 2.38. The summed E-state index contributed by atoms with van der Waals surface area (Å²) in [6.45, 7) is 5.06. The smallest absolute Gasteiger partial charge is 0.273 e. The number of halogens is 3. The lowest BCUT2D eigenvalue weighted by molar-refractivity contribution is -0.0303. The van der Waals surface area contributed by atoms with E-state index >= 15 is 0 Å². The van der Waals surface area contributed by atoms with E-state index in [0.717, 1.165) is 25.5 Å². The third kappa shape index (κ3) is 3.63. The summed E-state index contributed by atoms with van der Waals surface area (Å²) >= 11 is 0. The Bertz CT molecular complexity index is 505. The number of piperidine rings is 1. The maximum Gasteiger partial charge on any atom is 0.273 e. The number of unbranched alkanes of at least 4 members (excludes halogenated alkanes) is 1. The molecular weight excluding hydrogens is 291 g/mol. The first-order chi connectivity index (χ1) is 10.3. The monoisotopic (exact) mass is 315 g/mol. The van der Waals surface area contributed by atoms with Crippen molar-refractivity contribution in [3.05, 3.63) is 35.1 Å². The van der Waals surface area contributed by atoms with Gasteiger partial charge in [-0.25, -0.2) is 13.2 Å². The largest absolute Gasteiger partial charge is 0.385 e. The summed E-state index contributed by atoms with van der Waals surface area (Å²) < 4.78 is 41.4. The van der Waals surface area contributed by atoms with Crippen LogP contribution in [0, 0.1) is 5.82 Å². The number of alkyl halides is 2. The molecule has 0 spiro atoms. The van der Waals surface area contributed by atoms with Crippen molar-refractivity contribution < 1.29 is 18.3 Å². The SMILES string of the molecule is CCCCN1CCC(O)(c2cccc(C(C)(F)F)c2F)CC1. The Morgan fingerprint density at radius 1 is 1.27 bits per heavy atom. The second-order valence-corrected chi connectivity index (χ2v) is 6.28. The molecule has 0 aromatic heterocycles. The van der Waals surface area contributed by atoms with E-state index in [2.05, 4.69) is 11.8 Å². The Kier molecular flexibility index (Phi) is 5.17. The molecular formula is C17H24F3NO. The number of hydrogen-bond donors (Lipinski definition) is 1. The van der Waals surface area contributed by atoms with E-state index in [0.29, 0.717) is 32.9 Å². The van der Waals surface area contributed by atoms with Crippen LogP contribution in [0.25, 0.3) is 0 Å². The summed E-state index contributed by atoms with van der Waals surface area (Å²) in [5, 5.41) is 10.7. The van der Waals surface area contributed by atoms with Crippen molar-refractivity contribution in [1.82, 2.24) is 4.90 Å². The van der Waals surface area contributed by atoms with Crippen LogP contribution in [0.15, 0.2) is 18.2 Å². The van der Waals surface area contributed by atoms with Crippen LogP contribution in [-0.2, 0) is 11.5 Å². The summed E-state index contributed by atoms with van der Waals surface area (Å²) in [5.74, 6) is -4.22. The Labute approximate surface area is 129 Å². The van der Waals surface area contributed by atoms with Crippen LogP contribution >= 0.6 is 0 Å². The fourth-order valence-corrected chi connectivity index (χ4v) is 3.03. The average molecular weight is 315 g/mol. The van der Waals surface area contributed by atoms with Crippen LogP contribution in [-0.4, -0.2) is 29.6 Å². The normalized spacial score (nSPS) is 19.4. The molecule has 0 radical (unpaired) electrons. The zero-order chi connectivity index (χ0) is 16.4. The number of benzene rings is 1. The highest BCUT2D eigenvalue weighted by Gasteiger charge is 2.39. The third-order valence-corrected chi connectivity index (χ3v) is 4.48. The standard InChI is InChI=1S/C17H24F3NO/c1-3-4-10-21-11-8-17(22,9-12-21)14-7-5-6-13(15(14)18)16(2,19)20/h5-7,22H,3-4,8-12H2,1-2H3. The second kappa shape index (κ2) is 6.59. The van der Waals surface area contributed by atoms with E-state index in [1.807, 2.05) is 0 Å². The molecule has 1 aromatic carbocycles. The lowest BCUT2D eigenvalue weighted by Crippen LogP contribution is -2.43. The van der Waals surface area contributed by atoms with Crippen LogP contribution in [0.3, 0.4) is 0 Å². The quantitative estimate of drug-likeness (QED) is 0.887. The molecule has 2 rings (SSSR count). The topological polar surface area (TPSA) is 23.5 Å². The Morgan fingerprint density at radius 2 is 1.91 bits per heavy atom. The maximum absolute atomic E-state index is 14.4. The predicted molar refractivity (Wildman–Crippen MR) is 80.4 cm³/mol. The van der Waals surface area contributed by atoms with Gasteiger partial charge in [-0.2, -0.15) is 0 Å². The van der Waals surface area contributed by atoms with Gasteiger partial charge in [-0.3, -0.25) is 0 Å². The van der Waals surface area contributed by atoms with Crippen LogP contribution in [0.1, 0.15) is 50.7 Å². The van der Waals surface area contributed by atoms with Crippen molar-refractivity contribution in [2.75, 3.05) is 19.6 Å². The van der Waals surface area contributed by atoms with Crippen molar-refractivity contribution in [3.8, 4) is 0 Å². The molecule has 0 unspecified atom stereocenters. The minimum absolute atomic E-state index is 0.00154. The van der Waals surface area contributed by atoms with Crippen LogP contribution < -0.4 is 0 Å². The molecule has 22 heavy (non-hydrogen) atoms. The first-order valence-corrected chi connectivity index (χ1v) is 7.90. The first kappa shape index (κ1) is 17.3. The van der Waals surface area contributed by atoms with E-state index in [1.165, 1.54) is 12.1 Å². The summed E-state index contributed by atoms with van der Waals surface area (Å²) in [5.41, 5.74) is -2.00. The minimum Gasteiger partial charge on any atom is -0.385 e. The summed E-state index contributed by atoms with van der Waals surface area (Å²) in [6, 6.07) is 3.90. The number of likely N-dealkylation sites (tertiary alicyclic amines) is 1. The molecule has 0 aliphatic carbocycles. The maximum atomic E-state index is 14.4. The molecule has 1 saturated heterocycles. The molecule has 0 atom stereocenters. The van der Waals surface area contributed by atoms with Crippen LogP contribution in [0.2, 0.25) is 0 Å². The van der Waals surface area contributed by atoms with Crippen molar-refractivity contribution in [2.24, 2.45) is 0 Å². The lowest BCUT2D eigenvalue weighted by Gasteiger charge is -2.39. The van der Waals surface area contributed by atoms with E-state index in [9.17, 15) is 18.3 Å². The fourth-order valence-electron chi connectivity index (χ4n) is 3.03. The molecule has 1 aromatic rings. The Hall–Kier alpha value is -1.07. The Balaban J connectivity index is 2.19. The van der Waals surface area contributed by atoms with Crippen LogP contribution in [0.4, 0.5) is 13.2 Å². The molecule has 2 nitrogen and oxygen atoms in total. The van der Waals surface area contributed by atoms with Gasteiger partial charge in [0, 0.05) is 25.6 Å². The molecule has 5 heteroatoms. The molecule has 0 saturated carbocycles. The third-order valence-electron chi connectivity index (χ3n) is 4.48. The van der Waals surface area contributed by atoms with Crippen molar-refractivity contribution in [1.29, 1.82) is 0 Å². The summed E-state index contributed by atoms with van der Waals surface area (Å²) in [6.07, 6.45) is 2.92. The van der Waals surface area contributed by atoms with Crippen molar-refractivity contribution in [3.63, 3.8) is 0 Å². The number of aliphatic hydroxyl groups is 1. The van der Waals surface area contributed by atoms with E-state index in [1.54, 1.807) is 0 Å². The van der Waals surface area contributed by atoms with Gasteiger partial charge in [0.2, 0.25) is 0 Å². The zero-order valence-corrected chi connectivity index (χ0v) is 13.2. The molecule has 0 bridgehead atoms. The van der Waals surface area contributed by atoms with E-state index in [-0.39, 0.29) is 5.56 Å². The van der Waals surface area contributed by atoms with Gasteiger partial charge in [-0.05, 0) is 25.8 Å². The minimum atomic E-state index is -3.25. The Morgan fingerprint density at radius 3 is 2.45 bits per heavy atom. The molecule has 124 valence electrons. The molecule has 0 amide bonds. The van der Waals surface area contributed by atoms with Gasteiger partial charge in [0.1, 0.15) is 5.82 Å². The first-order valence-electron chi connectivity index (χ1n) is 7.90. The summed E-state index contributed by atoms with van der Waals surface area (Å²) in [7, 11) is 0. The molecule has 1 fully saturated rings. The van der Waals surface area contributed by atoms with Crippen molar-refractivity contribution in [2.45, 2.75) is 51.1 Å². The van der Waals surface area contributed by atoms with E-state index < -0.39 is 22.9 Å². The van der Waals surface area contributed by atoms with Gasteiger partial charge in [-0.15, -0.1) is 0 Å². The van der Waals surface area contributed by atoms with Gasteiger partial charge >= 0.3 is 0 Å². The lowest BCUT2D eigenvalue weighted by atomic mass is 9.83. The molecule has 1 N–H and O–H groups in total. The number of hydrogen-bond acceptors (Lipinski definition) is 2. The molecule has 1 aliphatic rings. The van der Waals surface area contributed by atoms with E-state index in [4.69, 9.17) is 0 Å². The summed E-state index contributed by atoms with van der Waals surface area (Å²) in [4.78, 5) is 2.23. The highest BCUT2D eigenvalue weighted by atomic mass is 19.3. The molecule has 1 heterocycles. The van der Waals surface area contributed by atoms with Crippen molar-refractivity contribution >= 4 is 0 Å². The number of nitrogens with zero attached hydrogens (tertiary/aromatic N) is 1. The number of rotatable bonds is 5. The predicted octanol–water partition coefficient (Wildman–Crippen LogP) is 4.02. The van der Waals surface area contributed by atoms with Gasteiger partial charge in [0.25, 0.3) is 5.92 Å².